The van der Waals surface area contributed by atoms with Crippen LogP contribution in [0, 0.1) is 0 Å². The number of benzene rings is 1. The zero-order chi connectivity index (χ0) is 14.6. The van der Waals surface area contributed by atoms with Crippen LogP contribution in [0.15, 0.2) is 18.2 Å². The largest absolute Gasteiger partial charge is 0.397 e. The van der Waals surface area contributed by atoms with Gasteiger partial charge in [0.05, 0.1) is 17.8 Å². The molecule has 1 rings (SSSR count). The molecule has 4 nitrogen and oxygen atoms in total. The third kappa shape index (κ3) is 4.69. The summed E-state index contributed by atoms with van der Waals surface area (Å²) >= 11 is 0. The Morgan fingerprint density at radius 1 is 1.37 bits per heavy atom. The summed E-state index contributed by atoms with van der Waals surface area (Å²) in [7, 11) is 3.21. The zero-order valence-corrected chi connectivity index (χ0v) is 10.7. The molecule has 19 heavy (non-hydrogen) atoms. The van der Waals surface area contributed by atoms with Crippen LogP contribution in [0.3, 0.4) is 0 Å². The van der Waals surface area contributed by atoms with E-state index in [0.29, 0.717) is 11.3 Å². The van der Waals surface area contributed by atoms with Gasteiger partial charge in [0.1, 0.15) is 0 Å². The number of halogens is 3. The van der Waals surface area contributed by atoms with Gasteiger partial charge in [0.15, 0.2) is 0 Å². The summed E-state index contributed by atoms with van der Waals surface area (Å²) in [5.41, 5.74) is 6.72. The lowest BCUT2D eigenvalue weighted by Crippen LogP contribution is -2.22. The van der Waals surface area contributed by atoms with Crippen LogP contribution in [0.5, 0.6) is 0 Å². The van der Waals surface area contributed by atoms with Gasteiger partial charge in [-0.25, -0.2) is 0 Å². The summed E-state index contributed by atoms with van der Waals surface area (Å²) < 4.78 is 36.0. The lowest BCUT2D eigenvalue weighted by Gasteiger charge is -2.14. The van der Waals surface area contributed by atoms with Crippen molar-refractivity contribution in [3.8, 4) is 0 Å². The van der Waals surface area contributed by atoms with Crippen LogP contribution >= 0.6 is 0 Å². The SMILES string of the molecule is CN(C)C(=O)c1ccc(NCCC(F)(F)F)c(N)c1. The van der Waals surface area contributed by atoms with Crippen LogP contribution < -0.4 is 11.1 Å². The minimum atomic E-state index is -4.21. The van der Waals surface area contributed by atoms with E-state index in [0.717, 1.165) is 0 Å². The number of anilines is 2. The Bertz CT molecular complexity index is 458. The van der Waals surface area contributed by atoms with Crippen molar-refractivity contribution in [2.24, 2.45) is 0 Å². The molecule has 0 saturated carbocycles. The van der Waals surface area contributed by atoms with E-state index in [2.05, 4.69) is 5.32 Å². The number of alkyl halides is 3. The Morgan fingerprint density at radius 2 is 2.00 bits per heavy atom. The first-order valence-electron chi connectivity index (χ1n) is 5.62. The van der Waals surface area contributed by atoms with Gasteiger partial charge >= 0.3 is 6.18 Å². The number of nitrogen functional groups attached to an aromatic ring is 1. The fourth-order valence-corrected chi connectivity index (χ4v) is 1.45. The topological polar surface area (TPSA) is 58.4 Å². The molecule has 0 spiro atoms. The second-order valence-corrected chi connectivity index (χ2v) is 4.29. The van der Waals surface area contributed by atoms with Crippen molar-refractivity contribution >= 4 is 17.3 Å². The number of nitrogens with zero attached hydrogens (tertiary/aromatic N) is 1. The predicted molar refractivity (Wildman–Crippen MR) is 68.0 cm³/mol. The van der Waals surface area contributed by atoms with E-state index in [1.165, 1.54) is 23.1 Å². The molecule has 106 valence electrons. The summed E-state index contributed by atoms with van der Waals surface area (Å²) in [4.78, 5) is 13.0. The lowest BCUT2D eigenvalue weighted by atomic mass is 10.1. The standard InChI is InChI=1S/C12H16F3N3O/c1-18(2)11(19)8-3-4-10(9(16)7-8)17-6-5-12(13,14)15/h3-4,7,17H,5-6,16H2,1-2H3. The molecule has 1 aromatic carbocycles. The molecular weight excluding hydrogens is 259 g/mol. The fourth-order valence-electron chi connectivity index (χ4n) is 1.45. The van der Waals surface area contributed by atoms with Crippen molar-refractivity contribution in [3.63, 3.8) is 0 Å². The molecule has 0 aliphatic rings. The molecular formula is C12H16F3N3O. The van der Waals surface area contributed by atoms with Gasteiger partial charge < -0.3 is 16.0 Å². The van der Waals surface area contributed by atoms with E-state index in [4.69, 9.17) is 5.73 Å². The molecule has 3 N–H and O–H groups in total. The van der Waals surface area contributed by atoms with Gasteiger partial charge in [-0.2, -0.15) is 13.2 Å². The van der Waals surface area contributed by atoms with E-state index in [-0.39, 0.29) is 18.1 Å². The third-order valence-electron chi connectivity index (χ3n) is 2.43. The lowest BCUT2D eigenvalue weighted by molar-refractivity contribution is -0.131. The monoisotopic (exact) mass is 275 g/mol. The normalized spacial score (nSPS) is 11.2. The summed E-state index contributed by atoms with van der Waals surface area (Å²) in [6, 6.07) is 4.47. The average Bonchev–Trinajstić information content (AvgIpc) is 2.28. The Kier molecular flexibility index (Phi) is 4.63. The van der Waals surface area contributed by atoms with Crippen molar-refractivity contribution in [2.75, 3.05) is 31.7 Å². The van der Waals surface area contributed by atoms with Crippen LogP contribution in [-0.2, 0) is 0 Å². The number of hydrogen-bond acceptors (Lipinski definition) is 3. The Hall–Kier alpha value is -1.92. The molecule has 0 bridgehead atoms. The number of carbonyl (C=O) groups excluding carboxylic acids is 1. The van der Waals surface area contributed by atoms with E-state index in [9.17, 15) is 18.0 Å². The van der Waals surface area contributed by atoms with Crippen LogP contribution in [0.2, 0.25) is 0 Å². The molecule has 0 heterocycles. The van der Waals surface area contributed by atoms with Gasteiger partial charge in [-0.15, -0.1) is 0 Å². The van der Waals surface area contributed by atoms with Crippen LogP contribution in [0.1, 0.15) is 16.8 Å². The molecule has 1 amide bonds. The summed E-state index contributed by atoms with van der Waals surface area (Å²) in [5, 5.41) is 2.59. The summed E-state index contributed by atoms with van der Waals surface area (Å²) in [5.74, 6) is -0.214. The molecule has 0 fully saturated rings. The van der Waals surface area contributed by atoms with Gasteiger partial charge in [-0.3, -0.25) is 4.79 Å². The first kappa shape index (κ1) is 15.1. The van der Waals surface area contributed by atoms with Gasteiger partial charge in [0.2, 0.25) is 0 Å². The first-order valence-corrected chi connectivity index (χ1v) is 5.62. The van der Waals surface area contributed by atoms with Crippen molar-refractivity contribution < 1.29 is 18.0 Å². The average molecular weight is 275 g/mol. The molecule has 0 aliphatic carbocycles. The Morgan fingerprint density at radius 3 is 2.47 bits per heavy atom. The van der Waals surface area contributed by atoms with Crippen molar-refractivity contribution in [2.45, 2.75) is 12.6 Å². The van der Waals surface area contributed by atoms with Gasteiger partial charge in [0, 0.05) is 26.2 Å². The van der Waals surface area contributed by atoms with E-state index >= 15 is 0 Å². The highest BCUT2D eigenvalue weighted by molar-refractivity contribution is 5.95. The molecule has 7 heteroatoms. The Labute approximate surface area is 109 Å². The van der Waals surface area contributed by atoms with E-state index in [1.54, 1.807) is 14.1 Å². The first-order chi connectivity index (χ1) is 8.70. The van der Waals surface area contributed by atoms with E-state index < -0.39 is 12.6 Å². The predicted octanol–water partition coefficient (Wildman–Crippen LogP) is 2.33. The van der Waals surface area contributed by atoms with Crippen molar-refractivity contribution in [3.05, 3.63) is 23.8 Å². The summed E-state index contributed by atoms with van der Waals surface area (Å²) in [6.45, 7) is -0.255. The fraction of sp³-hybridized carbons (Fsp3) is 0.417. The number of amides is 1. The summed E-state index contributed by atoms with van der Waals surface area (Å²) in [6.07, 6.45) is -5.15. The smallest absolute Gasteiger partial charge is 0.390 e. The number of nitrogens with one attached hydrogen (secondary N) is 1. The minimum Gasteiger partial charge on any atom is -0.397 e. The third-order valence-corrected chi connectivity index (χ3v) is 2.43. The molecule has 0 aromatic heterocycles. The number of carbonyl (C=O) groups is 1. The number of hydrogen-bond donors (Lipinski definition) is 2. The number of nitrogens with two attached hydrogens (primary N) is 1. The zero-order valence-electron chi connectivity index (χ0n) is 10.7. The highest BCUT2D eigenvalue weighted by Crippen LogP contribution is 2.23. The highest BCUT2D eigenvalue weighted by Gasteiger charge is 2.26. The molecule has 1 aromatic rings. The molecule has 0 saturated heterocycles. The van der Waals surface area contributed by atoms with Gasteiger partial charge in [-0.05, 0) is 18.2 Å². The molecule has 0 atom stereocenters. The van der Waals surface area contributed by atoms with Gasteiger partial charge in [-0.1, -0.05) is 0 Å². The number of rotatable bonds is 4. The maximum Gasteiger partial charge on any atom is 0.390 e. The molecule has 0 unspecified atom stereocenters. The minimum absolute atomic E-state index is 0.214. The van der Waals surface area contributed by atoms with E-state index in [1.807, 2.05) is 0 Å². The van der Waals surface area contributed by atoms with Crippen molar-refractivity contribution in [1.29, 1.82) is 0 Å². The van der Waals surface area contributed by atoms with Crippen LogP contribution in [0.4, 0.5) is 24.5 Å². The quantitative estimate of drug-likeness (QED) is 0.829. The second-order valence-electron chi connectivity index (χ2n) is 4.29. The highest BCUT2D eigenvalue weighted by atomic mass is 19.4. The maximum absolute atomic E-state index is 12.0. The second kappa shape index (κ2) is 5.81. The van der Waals surface area contributed by atoms with Crippen LogP contribution in [-0.4, -0.2) is 37.6 Å². The van der Waals surface area contributed by atoms with Gasteiger partial charge in [0.25, 0.3) is 5.91 Å². The van der Waals surface area contributed by atoms with Crippen molar-refractivity contribution in [1.82, 2.24) is 4.90 Å². The van der Waals surface area contributed by atoms with Crippen LogP contribution in [0.25, 0.3) is 0 Å². The Balaban J connectivity index is 2.70. The molecule has 0 radical (unpaired) electrons. The molecule has 0 aliphatic heterocycles. The maximum atomic E-state index is 12.0.